The van der Waals surface area contributed by atoms with E-state index in [0.717, 1.165) is 11.0 Å². The minimum absolute atomic E-state index is 0.164. The molecule has 1 aliphatic heterocycles. The zero-order valence-electron chi connectivity index (χ0n) is 16.4. The van der Waals surface area contributed by atoms with Crippen LogP contribution in [0, 0.1) is 0 Å². The third kappa shape index (κ3) is 2.99. The summed E-state index contributed by atoms with van der Waals surface area (Å²) < 4.78 is 16.2. The summed E-state index contributed by atoms with van der Waals surface area (Å²) >= 11 is 0. The molecular formula is C21H21N5O4. The van der Waals surface area contributed by atoms with Crippen molar-refractivity contribution >= 4 is 22.7 Å². The number of carbonyl (C=O) groups excluding carboxylic acids is 1. The Morgan fingerprint density at radius 3 is 2.67 bits per heavy atom. The van der Waals surface area contributed by atoms with Crippen molar-refractivity contribution in [2.75, 3.05) is 13.2 Å². The first-order chi connectivity index (χ1) is 14.7. The third-order valence-corrected chi connectivity index (χ3v) is 5.18. The van der Waals surface area contributed by atoms with Crippen molar-refractivity contribution < 1.29 is 14.3 Å². The van der Waals surface area contributed by atoms with Crippen LogP contribution in [0.15, 0.2) is 53.3 Å². The standard InChI is InChI=1S/C21H21N5O4/c1-2-24-15-7-3-4-8-16(15)26-20(24)23-25(21(26)28)12-19(27)22-11-14-13-29-17-9-5-6-10-18(17)30-14/h3-10,14H,2,11-13H2,1H3,(H,22,27). The summed E-state index contributed by atoms with van der Waals surface area (Å²) in [5.74, 6) is 1.56. The minimum atomic E-state index is -0.338. The Morgan fingerprint density at radius 2 is 1.87 bits per heavy atom. The number of amides is 1. The van der Waals surface area contributed by atoms with Gasteiger partial charge in [-0.15, -0.1) is 5.10 Å². The molecule has 1 amide bonds. The largest absolute Gasteiger partial charge is 0.486 e. The fourth-order valence-corrected chi connectivity index (χ4v) is 3.77. The summed E-state index contributed by atoms with van der Waals surface area (Å²) in [4.78, 5) is 25.3. The first-order valence-electron chi connectivity index (χ1n) is 9.87. The van der Waals surface area contributed by atoms with Gasteiger partial charge in [0.2, 0.25) is 11.7 Å². The molecule has 0 saturated heterocycles. The maximum absolute atomic E-state index is 12.9. The molecule has 2 aromatic carbocycles. The molecule has 0 aliphatic carbocycles. The van der Waals surface area contributed by atoms with E-state index in [0.29, 0.717) is 30.4 Å². The normalized spacial score (nSPS) is 15.6. The molecule has 154 valence electrons. The number of rotatable bonds is 5. The van der Waals surface area contributed by atoms with Gasteiger partial charge < -0.3 is 19.4 Å². The molecule has 4 aromatic rings. The number of nitrogens with one attached hydrogen (secondary N) is 1. The highest BCUT2D eigenvalue weighted by Crippen LogP contribution is 2.30. The summed E-state index contributed by atoms with van der Waals surface area (Å²) in [5, 5.41) is 7.20. The lowest BCUT2D eigenvalue weighted by Crippen LogP contribution is -2.42. The Bertz CT molecular complexity index is 1300. The number of ether oxygens (including phenoxy) is 2. The van der Waals surface area contributed by atoms with Gasteiger partial charge in [0.05, 0.1) is 17.6 Å². The van der Waals surface area contributed by atoms with Gasteiger partial charge in [-0.2, -0.15) is 0 Å². The van der Waals surface area contributed by atoms with E-state index in [-0.39, 0.29) is 30.8 Å². The summed E-state index contributed by atoms with van der Waals surface area (Å²) in [6, 6.07) is 15.0. The topological polar surface area (TPSA) is 91.8 Å². The lowest BCUT2D eigenvalue weighted by molar-refractivity contribution is -0.122. The molecule has 0 radical (unpaired) electrons. The maximum atomic E-state index is 12.9. The molecule has 0 fully saturated rings. The number of carbonyl (C=O) groups is 1. The van der Waals surface area contributed by atoms with Gasteiger partial charge in [0.15, 0.2) is 11.5 Å². The lowest BCUT2D eigenvalue weighted by atomic mass is 10.2. The summed E-state index contributed by atoms with van der Waals surface area (Å²) in [6.07, 6.45) is -0.296. The minimum Gasteiger partial charge on any atom is -0.486 e. The van der Waals surface area contributed by atoms with Crippen molar-refractivity contribution in [1.82, 2.24) is 24.1 Å². The van der Waals surface area contributed by atoms with Crippen LogP contribution in [0.3, 0.4) is 0 Å². The number of hydrogen-bond donors (Lipinski definition) is 1. The van der Waals surface area contributed by atoms with Crippen molar-refractivity contribution in [3.8, 4) is 11.5 Å². The molecule has 1 atom stereocenters. The fraction of sp³-hybridized carbons (Fsp3) is 0.286. The molecule has 5 rings (SSSR count). The van der Waals surface area contributed by atoms with E-state index < -0.39 is 0 Å². The van der Waals surface area contributed by atoms with Crippen LogP contribution in [0.2, 0.25) is 0 Å². The van der Waals surface area contributed by atoms with Crippen LogP contribution in [0.25, 0.3) is 16.8 Å². The number of fused-ring (bicyclic) bond motifs is 4. The molecular weight excluding hydrogens is 386 g/mol. The Morgan fingerprint density at radius 1 is 1.13 bits per heavy atom. The zero-order valence-corrected chi connectivity index (χ0v) is 16.4. The SMILES string of the molecule is CCn1c2ccccc2n2c(=O)n(CC(=O)NCC3COc4ccccc4O3)nc12. The Balaban J connectivity index is 1.31. The number of nitrogens with zero attached hydrogens (tertiary/aromatic N) is 4. The van der Waals surface area contributed by atoms with Crippen LogP contribution in [-0.4, -0.2) is 43.9 Å². The van der Waals surface area contributed by atoms with Gasteiger partial charge in [-0.25, -0.2) is 13.9 Å². The van der Waals surface area contributed by atoms with Crippen molar-refractivity contribution in [2.45, 2.75) is 26.1 Å². The lowest BCUT2D eigenvalue weighted by Gasteiger charge is -2.26. The van der Waals surface area contributed by atoms with Crippen LogP contribution in [0.1, 0.15) is 6.92 Å². The zero-order chi connectivity index (χ0) is 20.7. The number of aromatic nitrogens is 4. The van der Waals surface area contributed by atoms with Crippen LogP contribution in [0.4, 0.5) is 0 Å². The maximum Gasteiger partial charge on any atom is 0.352 e. The second-order valence-corrected chi connectivity index (χ2v) is 7.11. The first kappa shape index (κ1) is 18.3. The molecule has 9 nitrogen and oxygen atoms in total. The van der Waals surface area contributed by atoms with Crippen molar-refractivity contribution in [1.29, 1.82) is 0 Å². The quantitative estimate of drug-likeness (QED) is 0.540. The number of hydrogen-bond acceptors (Lipinski definition) is 5. The molecule has 2 aromatic heterocycles. The number of aryl methyl sites for hydroxylation is 1. The van der Waals surface area contributed by atoms with Crippen molar-refractivity contribution in [3.63, 3.8) is 0 Å². The van der Waals surface area contributed by atoms with E-state index in [1.807, 2.05) is 60.0 Å². The second kappa shape index (κ2) is 7.25. The van der Waals surface area contributed by atoms with Crippen LogP contribution < -0.4 is 20.5 Å². The third-order valence-electron chi connectivity index (χ3n) is 5.18. The van der Waals surface area contributed by atoms with Crippen molar-refractivity contribution in [2.24, 2.45) is 0 Å². The highest BCUT2D eigenvalue weighted by Gasteiger charge is 2.22. The Labute approximate surface area is 171 Å². The van der Waals surface area contributed by atoms with Gasteiger partial charge in [-0.3, -0.25) is 4.79 Å². The highest BCUT2D eigenvalue weighted by molar-refractivity contribution is 5.80. The Kier molecular flexibility index (Phi) is 4.42. The number of imidazole rings is 1. The molecule has 1 N–H and O–H groups in total. The molecule has 1 unspecified atom stereocenters. The fourth-order valence-electron chi connectivity index (χ4n) is 3.77. The van der Waals surface area contributed by atoms with E-state index in [1.54, 1.807) is 4.40 Å². The summed E-state index contributed by atoms with van der Waals surface area (Å²) in [7, 11) is 0. The average molecular weight is 407 g/mol. The summed E-state index contributed by atoms with van der Waals surface area (Å²) in [5.41, 5.74) is 1.37. The number of benzene rings is 2. The van der Waals surface area contributed by atoms with Crippen LogP contribution in [0.5, 0.6) is 11.5 Å². The molecule has 0 spiro atoms. The van der Waals surface area contributed by atoms with Gasteiger partial charge in [0.1, 0.15) is 19.3 Å². The van der Waals surface area contributed by atoms with Crippen LogP contribution >= 0.6 is 0 Å². The van der Waals surface area contributed by atoms with Gasteiger partial charge in [-0.1, -0.05) is 24.3 Å². The molecule has 0 bridgehead atoms. The predicted molar refractivity (Wildman–Crippen MR) is 110 cm³/mol. The molecule has 0 saturated carbocycles. The van der Waals surface area contributed by atoms with E-state index in [1.165, 1.54) is 4.68 Å². The van der Waals surface area contributed by atoms with E-state index >= 15 is 0 Å². The smallest absolute Gasteiger partial charge is 0.352 e. The van der Waals surface area contributed by atoms with Gasteiger partial charge in [-0.05, 0) is 31.2 Å². The average Bonchev–Trinajstić information content (AvgIpc) is 3.25. The van der Waals surface area contributed by atoms with Crippen LogP contribution in [-0.2, 0) is 17.9 Å². The van der Waals surface area contributed by atoms with E-state index in [4.69, 9.17) is 9.47 Å². The number of para-hydroxylation sites is 4. The molecule has 9 heteroatoms. The van der Waals surface area contributed by atoms with E-state index in [9.17, 15) is 9.59 Å². The van der Waals surface area contributed by atoms with Gasteiger partial charge in [0, 0.05) is 6.54 Å². The molecule has 1 aliphatic rings. The summed E-state index contributed by atoms with van der Waals surface area (Å²) in [6.45, 7) is 3.12. The first-order valence-corrected chi connectivity index (χ1v) is 9.87. The van der Waals surface area contributed by atoms with Gasteiger partial charge >= 0.3 is 5.69 Å². The molecule has 30 heavy (non-hydrogen) atoms. The predicted octanol–water partition coefficient (Wildman–Crippen LogP) is 1.43. The molecule has 3 heterocycles. The Hall–Kier alpha value is -3.75. The highest BCUT2D eigenvalue weighted by atomic mass is 16.6. The van der Waals surface area contributed by atoms with Crippen molar-refractivity contribution in [3.05, 3.63) is 59.0 Å². The monoisotopic (exact) mass is 407 g/mol. The van der Waals surface area contributed by atoms with E-state index in [2.05, 4.69) is 10.4 Å². The second-order valence-electron chi connectivity index (χ2n) is 7.11. The van der Waals surface area contributed by atoms with Gasteiger partial charge in [0.25, 0.3) is 0 Å².